The largest absolute Gasteiger partial charge is 0.481 e. The highest BCUT2D eigenvalue weighted by molar-refractivity contribution is 5.67. The molecule has 0 spiro atoms. The summed E-state index contributed by atoms with van der Waals surface area (Å²) in [5.74, 6) is -0.0586. The van der Waals surface area contributed by atoms with E-state index in [0.717, 1.165) is 0 Å². The molecule has 106 valence electrons. The summed E-state index contributed by atoms with van der Waals surface area (Å²) in [6, 6.07) is 1.66. The number of carboxylic acid groups (broad SMARTS) is 1. The third-order valence-electron chi connectivity index (χ3n) is 2.21. The van der Waals surface area contributed by atoms with E-state index < -0.39 is 12.1 Å². The Balaban J connectivity index is 2.54. The number of anilines is 1. The third-order valence-corrected chi connectivity index (χ3v) is 2.21. The van der Waals surface area contributed by atoms with Crippen molar-refractivity contribution in [3.8, 4) is 5.88 Å². The molecule has 0 saturated heterocycles. The number of ether oxygens (including phenoxy) is 2. The predicted molar refractivity (Wildman–Crippen MR) is 69.3 cm³/mol. The number of aliphatic carboxylic acids is 1. The second-order valence-corrected chi connectivity index (χ2v) is 4.22. The van der Waals surface area contributed by atoms with Crippen molar-refractivity contribution in [1.82, 2.24) is 9.97 Å². The van der Waals surface area contributed by atoms with Crippen LogP contribution in [-0.2, 0) is 9.53 Å². The second kappa shape index (κ2) is 7.52. The van der Waals surface area contributed by atoms with Crippen LogP contribution in [0.1, 0.15) is 20.3 Å². The zero-order valence-electron chi connectivity index (χ0n) is 11.3. The molecule has 19 heavy (non-hydrogen) atoms. The summed E-state index contributed by atoms with van der Waals surface area (Å²) in [6.45, 7) is 4.12. The minimum atomic E-state index is -0.911. The summed E-state index contributed by atoms with van der Waals surface area (Å²) in [5.41, 5.74) is 0. The lowest BCUT2D eigenvalue weighted by Gasteiger charge is -2.14. The van der Waals surface area contributed by atoms with E-state index in [1.807, 2.05) is 13.8 Å². The van der Waals surface area contributed by atoms with Crippen LogP contribution in [0.15, 0.2) is 12.3 Å². The molecular weight excluding hydrogens is 250 g/mol. The standard InChI is InChI=1S/C12H19N3O4/c1-8(2)19-10-4-5-13-12(15-10)14-7-9(18-3)6-11(16)17/h4-5,8-9H,6-7H2,1-3H3,(H,16,17)(H,13,14,15). The first-order chi connectivity index (χ1) is 9.01. The van der Waals surface area contributed by atoms with E-state index in [1.54, 1.807) is 12.3 Å². The smallest absolute Gasteiger partial charge is 0.306 e. The molecule has 7 heteroatoms. The first-order valence-corrected chi connectivity index (χ1v) is 5.99. The fourth-order valence-corrected chi connectivity index (χ4v) is 1.37. The lowest BCUT2D eigenvalue weighted by Crippen LogP contribution is -2.25. The minimum absolute atomic E-state index is 0.0292. The van der Waals surface area contributed by atoms with Crippen molar-refractivity contribution in [3.05, 3.63) is 12.3 Å². The van der Waals surface area contributed by atoms with Gasteiger partial charge in [0.1, 0.15) is 0 Å². The zero-order chi connectivity index (χ0) is 14.3. The lowest BCUT2D eigenvalue weighted by molar-refractivity contribution is -0.139. The SMILES string of the molecule is COC(CNc1nccc(OC(C)C)n1)CC(=O)O. The van der Waals surface area contributed by atoms with Gasteiger partial charge in [-0.05, 0) is 13.8 Å². The Morgan fingerprint density at radius 1 is 1.53 bits per heavy atom. The third kappa shape index (κ3) is 6.01. The average molecular weight is 269 g/mol. The molecule has 1 atom stereocenters. The summed E-state index contributed by atoms with van der Waals surface area (Å²) in [5, 5.41) is 11.6. The maximum Gasteiger partial charge on any atom is 0.306 e. The van der Waals surface area contributed by atoms with Crippen molar-refractivity contribution < 1.29 is 19.4 Å². The van der Waals surface area contributed by atoms with Gasteiger partial charge in [0.05, 0.1) is 18.6 Å². The van der Waals surface area contributed by atoms with Crippen LogP contribution in [0.25, 0.3) is 0 Å². The number of carbonyl (C=O) groups is 1. The molecule has 0 saturated carbocycles. The Labute approximate surface area is 112 Å². The number of aromatic nitrogens is 2. The van der Waals surface area contributed by atoms with Gasteiger partial charge in [-0.15, -0.1) is 0 Å². The number of nitrogens with zero attached hydrogens (tertiary/aromatic N) is 2. The maximum atomic E-state index is 10.6. The Kier molecular flexibility index (Phi) is 6.01. The molecule has 1 rings (SSSR count). The molecule has 0 aliphatic heterocycles. The first-order valence-electron chi connectivity index (χ1n) is 5.99. The van der Waals surface area contributed by atoms with E-state index in [1.165, 1.54) is 7.11 Å². The molecule has 0 aromatic carbocycles. The average Bonchev–Trinajstić information content (AvgIpc) is 2.33. The topological polar surface area (TPSA) is 93.6 Å². The van der Waals surface area contributed by atoms with Crippen molar-refractivity contribution in [2.24, 2.45) is 0 Å². The Morgan fingerprint density at radius 3 is 2.84 bits per heavy atom. The van der Waals surface area contributed by atoms with Gasteiger partial charge >= 0.3 is 5.97 Å². The summed E-state index contributed by atoms with van der Waals surface area (Å²) in [4.78, 5) is 18.8. The Hall–Kier alpha value is -1.89. The van der Waals surface area contributed by atoms with Gasteiger partial charge in [0.15, 0.2) is 0 Å². The fourth-order valence-electron chi connectivity index (χ4n) is 1.37. The van der Waals surface area contributed by atoms with Crippen molar-refractivity contribution >= 4 is 11.9 Å². The van der Waals surface area contributed by atoms with Crippen molar-refractivity contribution in [1.29, 1.82) is 0 Å². The summed E-state index contributed by atoms with van der Waals surface area (Å²) >= 11 is 0. The Bertz CT molecular complexity index is 412. The number of methoxy groups -OCH3 is 1. The van der Waals surface area contributed by atoms with E-state index in [4.69, 9.17) is 14.6 Å². The molecule has 0 bridgehead atoms. The molecule has 0 amide bonds. The molecule has 1 heterocycles. The monoisotopic (exact) mass is 269 g/mol. The number of carboxylic acids is 1. The molecular formula is C12H19N3O4. The quantitative estimate of drug-likeness (QED) is 0.731. The number of hydrogen-bond donors (Lipinski definition) is 2. The van der Waals surface area contributed by atoms with Crippen LogP contribution in [0.4, 0.5) is 5.95 Å². The minimum Gasteiger partial charge on any atom is -0.481 e. The van der Waals surface area contributed by atoms with E-state index in [2.05, 4.69) is 15.3 Å². The van der Waals surface area contributed by atoms with Crippen LogP contribution in [0.5, 0.6) is 5.88 Å². The van der Waals surface area contributed by atoms with Crippen LogP contribution in [0.3, 0.4) is 0 Å². The Morgan fingerprint density at radius 2 is 2.26 bits per heavy atom. The van der Waals surface area contributed by atoms with Gasteiger partial charge < -0.3 is 19.9 Å². The summed E-state index contributed by atoms with van der Waals surface area (Å²) in [7, 11) is 1.47. The van der Waals surface area contributed by atoms with Gasteiger partial charge in [0.2, 0.25) is 11.8 Å². The van der Waals surface area contributed by atoms with Crippen LogP contribution >= 0.6 is 0 Å². The number of hydrogen-bond acceptors (Lipinski definition) is 6. The van der Waals surface area contributed by atoms with Gasteiger partial charge in [-0.3, -0.25) is 4.79 Å². The fraction of sp³-hybridized carbons (Fsp3) is 0.583. The number of rotatable bonds is 8. The highest BCUT2D eigenvalue weighted by Gasteiger charge is 2.12. The van der Waals surface area contributed by atoms with Crippen molar-refractivity contribution in [2.45, 2.75) is 32.5 Å². The highest BCUT2D eigenvalue weighted by Crippen LogP contribution is 2.10. The van der Waals surface area contributed by atoms with Crippen LogP contribution < -0.4 is 10.1 Å². The van der Waals surface area contributed by atoms with Gasteiger partial charge in [0.25, 0.3) is 0 Å². The zero-order valence-corrected chi connectivity index (χ0v) is 11.3. The first kappa shape index (κ1) is 15.2. The van der Waals surface area contributed by atoms with E-state index >= 15 is 0 Å². The van der Waals surface area contributed by atoms with E-state index in [-0.39, 0.29) is 12.5 Å². The molecule has 0 aliphatic rings. The molecule has 1 unspecified atom stereocenters. The summed E-state index contributed by atoms with van der Waals surface area (Å²) < 4.78 is 10.5. The second-order valence-electron chi connectivity index (χ2n) is 4.22. The predicted octanol–water partition coefficient (Wildman–Crippen LogP) is 1.17. The maximum absolute atomic E-state index is 10.6. The van der Waals surface area contributed by atoms with Crippen molar-refractivity contribution in [3.63, 3.8) is 0 Å². The lowest BCUT2D eigenvalue weighted by atomic mass is 10.2. The van der Waals surface area contributed by atoms with Gasteiger partial charge in [-0.2, -0.15) is 4.98 Å². The van der Waals surface area contributed by atoms with Crippen LogP contribution in [0, 0.1) is 0 Å². The van der Waals surface area contributed by atoms with E-state index in [0.29, 0.717) is 18.4 Å². The molecule has 0 aliphatic carbocycles. The van der Waals surface area contributed by atoms with Gasteiger partial charge in [-0.1, -0.05) is 0 Å². The molecule has 2 N–H and O–H groups in total. The van der Waals surface area contributed by atoms with Gasteiger partial charge in [0, 0.05) is 25.9 Å². The molecule has 0 radical (unpaired) electrons. The van der Waals surface area contributed by atoms with E-state index in [9.17, 15) is 4.79 Å². The highest BCUT2D eigenvalue weighted by atomic mass is 16.5. The molecule has 7 nitrogen and oxygen atoms in total. The van der Waals surface area contributed by atoms with Crippen LogP contribution in [-0.4, -0.2) is 46.9 Å². The summed E-state index contributed by atoms with van der Waals surface area (Å²) in [6.07, 6.45) is 1.09. The van der Waals surface area contributed by atoms with Crippen molar-refractivity contribution in [2.75, 3.05) is 19.0 Å². The molecule has 0 fully saturated rings. The normalized spacial score (nSPS) is 12.2. The number of nitrogens with one attached hydrogen (secondary N) is 1. The van der Waals surface area contributed by atoms with Crippen LogP contribution in [0.2, 0.25) is 0 Å². The molecule has 1 aromatic rings. The molecule has 1 aromatic heterocycles. The van der Waals surface area contributed by atoms with Gasteiger partial charge in [-0.25, -0.2) is 4.98 Å².